The molecule has 22 heavy (non-hydrogen) atoms. The lowest BCUT2D eigenvalue weighted by Crippen LogP contribution is -1.90. The fourth-order valence-electron chi connectivity index (χ4n) is 2.21. The third-order valence-electron chi connectivity index (χ3n) is 3.29. The van der Waals surface area contributed by atoms with Gasteiger partial charge in [-0.3, -0.25) is 0 Å². The maximum atomic E-state index is 9.49. The molecule has 1 heterocycles. The molecule has 112 valence electrons. The van der Waals surface area contributed by atoms with E-state index in [2.05, 4.69) is 16.4 Å². The summed E-state index contributed by atoms with van der Waals surface area (Å²) in [6.45, 7) is 2.01. The summed E-state index contributed by atoms with van der Waals surface area (Å²) in [6, 6.07) is 13.0. The van der Waals surface area contributed by atoms with Crippen molar-refractivity contribution in [2.24, 2.45) is 0 Å². The zero-order valence-corrected chi connectivity index (χ0v) is 13.1. The first-order chi connectivity index (χ1) is 10.7. The molecule has 0 bridgehead atoms. The summed E-state index contributed by atoms with van der Waals surface area (Å²) in [5.74, 6) is 1.10. The lowest BCUT2D eigenvalue weighted by atomic mass is 10.1. The zero-order chi connectivity index (χ0) is 15.5. The number of aromatic hydroxyl groups is 1. The Balaban J connectivity index is 1.83. The number of nitrogens with one attached hydrogen (secondary N) is 1. The van der Waals surface area contributed by atoms with Gasteiger partial charge in [-0.2, -0.15) is 0 Å². The SMILES string of the molecule is COc1ccc(-c2csc(Nc3cccc(O)c3)n2)cc1C. The Hall–Kier alpha value is -2.53. The van der Waals surface area contributed by atoms with Crippen molar-refractivity contribution < 1.29 is 9.84 Å². The van der Waals surface area contributed by atoms with E-state index in [0.29, 0.717) is 0 Å². The van der Waals surface area contributed by atoms with Crippen LogP contribution in [0.3, 0.4) is 0 Å². The Labute approximate surface area is 133 Å². The van der Waals surface area contributed by atoms with Crippen LogP contribution in [0.5, 0.6) is 11.5 Å². The molecule has 0 fully saturated rings. The van der Waals surface area contributed by atoms with Crippen LogP contribution >= 0.6 is 11.3 Å². The first-order valence-electron chi connectivity index (χ1n) is 6.82. The van der Waals surface area contributed by atoms with Gasteiger partial charge >= 0.3 is 0 Å². The molecule has 0 saturated heterocycles. The smallest absolute Gasteiger partial charge is 0.187 e. The molecule has 0 unspecified atom stereocenters. The van der Waals surface area contributed by atoms with Gasteiger partial charge in [0.25, 0.3) is 0 Å². The van der Waals surface area contributed by atoms with Crippen molar-refractivity contribution in [2.45, 2.75) is 6.92 Å². The van der Waals surface area contributed by atoms with Gasteiger partial charge in [-0.05, 0) is 42.8 Å². The lowest BCUT2D eigenvalue weighted by Gasteiger charge is -2.06. The number of rotatable bonds is 4. The fourth-order valence-corrected chi connectivity index (χ4v) is 2.95. The molecule has 3 rings (SSSR count). The second kappa shape index (κ2) is 6.07. The molecule has 0 radical (unpaired) electrons. The van der Waals surface area contributed by atoms with Crippen LogP contribution in [0, 0.1) is 6.92 Å². The third-order valence-corrected chi connectivity index (χ3v) is 4.05. The summed E-state index contributed by atoms with van der Waals surface area (Å²) in [6.07, 6.45) is 0. The molecule has 3 aromatic rings. The van der Waals surface area contributed by atoms with Gasteiger partial charge < -0.3 is 15.2 Å². The van der Waals surface area contributed by atoms with Crippen LogP contribution < -0.4 is 10.1 Å². The molecule has 0 saturated carbocycles. The molecule has 0 spiro atoms. The Morgan fingerprint density at radius 3 is 2.77 bits per heavy atom. The number of hydrogen-bond donors (Lipinski definition) is 2. The van der Waals surface area contributed by atoms with Crippen molar-refractivity contribution in [1.29, 1.82) is 0 Å². The summed E-state index contributed by atoms with van der Waals surface area (Å²) < 4.78 is 5.28. The Morgan fingerprint density at radius 2 is 2.05 bits per heavy atom. The van der Waals surface area contributed by atoms with Crippen LogP contribution in [0.1, 0.15) is 5.56 Å². The average molecular weight is 312 g/mol. The van der Waals surface area contributed by atoms with Crippen LogP contribution in [0.4, 0.5) is 10.8 Å². The highest BCUT2D eigenvalue weighted by Crippen LogP contribution is 2.30. The van der Waals surface area contributed by atoms with Crippen molar-refractivity contribution in [1.82, 2.24) is 4.98 Å². The average Bonchev–Trinajstić information content (AvgIpc) is 2.95. The first kappa shape index (κ1) is 14.4. The molecule has 2 N–H and O–H groups in total. The van der Waals surface area contributed by atoms with Gasteiger partial charge in [0.05, 0.1) is 12.8 Å². The van der Waals surface area contributed by atoms with Crippen molar-refractivity contribution >= 4 is 22.2 Å². The molecular formula is C17H16N2O2S. The van der Waals surface area contributed by atoms with Gasteiger partial charge in [0.2, 0.25) is 0 Å². The summed E-state index contributed by atoms with van der Waals surface area (Å²) in [4.78, 5) is 4.59. The van der Waals surface area contributed by atoms with E-state index in [1.54, 1.807) is 25.3 Å². The molecular weight excluding hydrogens is 296 g/mol. The number of thiazole rings is 1. The van der Waals surface area contributed by atoms with Crippen molar-refractivity contribution in [2.75, 3.05) is 12.4 Å². The number of aryl methyl sites for hydroxylation is 1. The van der Waals surface area contributed by atoms with E-state index in [4.69, 9.17) is 4.74 Å². The molecule has 0 aliphatic carbocycles. The summed E-state index contributed by atoms with van der Waals surface area (Å²) >= 11 is 1.53. The van der Waals surface area contributed by atoms with E-state index in [1.807, 2.05) is 30.5 Å². The largest absolute Gasteiger partial charge is 0.508 e. The van der Waals surface area contributed by atoms with E-state index < -0.39 is 0 Å². The minimum Gasteiger partial charge on any atom is -0.508 e. The number of anilines is 2. The standard InChI is InChI=1S/C17H16N2O2S/c1-11-8-12(6-7-16(11)21-2)15-10-22-17(19-15)18-13-4-3-5-14(20)9-13/h3-10,20H,1-2H3,(H,18,19). The molecule has 4 nitrogen and oxygen atoms in total. The Bertz CT molecular complexity index is 799. The molecule has 2 aromatic carbocycles. The number of phenols is 1. The summed E-state index contributed by atoms with van der Waals surface area (Å²) in [5.41, 5.74) is 3.86. The predicted octanol–water partition coefficient (Wildman–Crippen LogP) is 4.58. The monoisotopic (exact) mass is 312 g/mol. The van der Waals surface area contributed by atoms with E-state index in [1.165, 1.54) is 11.3 Å². The molecule has 0 amide bonds. The van der Waals surface area contributed by atoms with Crippen LogP contribution in [-0.4, -0.2) is 17.2 Å². The second-order valence-electron chi connectivity index (χ2n) is 4.90. The number of nitrogens with zero attached hydrogens (tertiary/aromatic N) is 1. The topological polar surface area (TPSA) is 54.4 Å². The third kappa shape index (κ3) is 3.04. The van der Waals surface area contributed by atoms with Crippen molar-refractivity contribution in [3.63, 3.8) is 0 Å². The molecule has 0 aliphatic rings. The van der Waals surface area contributed by atoms with Gasteiger partial charge in [-0.1, -0.05) is 6.07 Å². The highest BCUT2D eigenvalue weighted by molar-refractivity contribution is 7.14. The Kier molecular flexibility index (Phi) is 3.98. The van der Waals surface area contributed by atoms with Crippen LogP contribution in [0.15, 0.2) is 47.8 Å². The van der Waals surface area contributed by atoms with Crippen LogP contribution in [0.2, 0.25) is 0 Å². The first-order valence-corrected chi connectivity index (χ1v) is 7.70. The number of hydrogen-bond acceptors (Lipinski definition) is 5. The predicted molar refractivity (Wildman–Crippen MR) is 90.2 cm³/mol. The molecule has 1 aromatic heterocycles. The summed E-state index contributed by atoms with van der Waals surface area (Å²) in [7, 11) is 1.67. The normalized spacial score (nSPS) is 10.5. The van der Waals surface area contributed by atoms with Gasteiger partial charge in [0, 0.05) is 22.7 Å². The van der Waals surface area contributed by atoms with Gasteiger partial charge in [-0.15, -0.1) is 11.3 Å². The number of benzene rings is 2. The second-order valence-corrected chi connectivity index (χ2v) is 5.76. The maximum absolute atomic E-state index is 9.49. The van der Waals surface area contributed by atoms with Crippen LogP contribution in [-0.2, 0) is 0 Å². The number of phenolic OH excluding ortho intramolecular Hbond substituents is 1. The van der Waals surface area contributed by atoms with Crippen LogP contribution in [0.25, 0.3) is 11.3 Å². The Morgan fingerprint density at radius 1 is 1.18 bits per heavy atom. The highest BCUT2D eigenvalue weighted by Gasteiger charge is 2.07. The highest BCUT2D eigenvalue weighted by atomic mass is 32.1. The lowest BCUT2D eigenvalue weighted by molar-refractivity contribution is 0.412. The van der Waals surface area contributed by atoms with E-state index in [0.717, 1.165) is 33.4 Å². The zero-order valence-electron chi connectivity index (χ0n) is 12.3. The van der Waals surface area contributed by atoms with E-state index in [9.17, 15) is 5.11 Å². The van der Waals surface area contributed by atoms with Crippen molar-refractivity contribution in [3.8, 4) is 22.8 Å². The fraction of sp³-hybridized carbons (Fsp3) is 0.118. The minimum atomic E-state index is 0.229. The van der Waals surface area contributed by atoms with Gasteiger partial charge in [0.1, 0.15) is 11.5 Å². The molecule has 0 atom stereocenters. The quantitative estimate of drug-likeness (QED) is 0.740. The minimum absolute atomic E-state index is 0.229. The van der Waals surface area contributed by atoms with E-state index >= 15 is 0 Å². The summed E-state index contributed by atoms with van der Waals surface area (Å²) in [5, 5.41) is 15.5. The maximum Gasteiger partial charge on any atom is 0.187 e. The van der Waals surface area contributed by atoms with E-state index in [-0.39, 0.29) is 5.75 Å². The molecule has 5 heteroatoms. The number of methoxy groups -OCH3 is 1. The molecule has 0 aliphatic heterocycles. The van der Waals surface area contributed by atoms with Gasteiger partial charge in [0.15, 0.2) is 5.13 Å². The van der Waals surface area contributed by atoms with Gasteiger partial charge in [-0.25, -0.2) is 4.98 Å². The van der Waals surface area contributed by atoms with Crippen molar-refractivity contribution in [3.05, 3.63) is 53.4 Å². The number of aromatic nitrogens is 1. The number of ether oxygens (including phenoxy) is 1.